The SMILES string of the molecule is C[C@H]1C[C@H](C)CN(C[C@@H](O)COCCOc2ccc(C(C)(C)C)cc2C(C)(C)C)C1. The van der Waals surface area contributed by atoms with Gasteiger partial charge in [0.25, 0.3) is 0 Å². The van der Waals surface area contributed by atoms with E-state index in [2.05, 4.69) is 78.5 Å². The van der Waals surface area contributed by atoms with Gasteiger partial charge >= 0.3 is 0 Å². The third-order valence-corrected chi connectivity index (χ3v) is 5.86. The Labute approximate surface area is 185 Å². The van der Waals surface area contributed by atoms with Crippen LogP contribution >= 0.6 is 0 Å². The Morgan fingerprint density at radius 3 is 2.20 bits per heavy atom. The van der Waals surface area contributed by atoms with E-state index in [1.165, 1.54) is 17.5 Å². The second-order valence-corrected chi connectivity index (χ2v) is 11.5. The van der Waals surface area contributed by atoms with Crippen molar-refractivity contribution in [3.63, 3.8) is 0 Å². The molecule has 172 valence electrons. The molecule has 4 nitrogen and oxygen atoms in total. The Balaban J connectivity index is 1.80. The molecule has 3 atom stereocenters. The molecule has 1 saturated heterocycles. The van der Waals surface area contributed by atoms with E-state index < -0.39 is 6.10 Å². The van der Waals surface area contributed by atoms with E-state index in [9.17, 15) is 5.11 Å². The molecule has 4 heteroatoms. The van der Waals surface area contributed by atoms with Crippen molar-refractivity contribution >= 4 is 0 Å². The largest absolute Gasteiger partial charge is 0.491 e. The first-order valence-corrected chi connectivity index (χ1v) is 11.6. The quantitative estimate of drug-likeness (QED) is 0.601. The highest BCUT2D eigenvalue weighted by Gasteiger charge is 2.24. The van der Waals surface area contributed by atoms with Gasteiger partial charge in [0.1, 0.15) is 12.4 Å². The van der Waals surface area contributed by atoms with Gasteiger partial charge in [0.15, 0.2) is 0 Å². The molecular weight excluding hydrogens is 374 g/mol. The van der Waals surface area contributed by atoms with E-state index in [0.29, 0.717) is 38.2 Å². The van der Waals surface area contributed by atoms with Crippen molar-refractivity contribution in [1.29, 1.82) is 0 Å². The molecule has 0 amide bonds. The second kappa shape index (κ2) is 10.5. The first-order valence-electron chi connectivity index (χ1n) is 11.6. The number of ether oxygens (including phenoxy) is 2. The summed E-state index contributed by atoms with van der Waals surface area (Å²) in [5.74, 6) is 2.34. The maximum Gasteiger partial charge on any atom is 0.123 e. The first-order chi connectivity index (χ1) is 13.9. The molecule has 0 aromatic heterocycles. The fourth-order valence-electron chi connectivity index (χ4n) is 4.43. The number of nitrogens with zero attached hydrogens (tertiary/aromatic N) is 1. The van der Waals surface area contributed by atoms with Gasteiger partial charge in [0, 0.05) is 19.6 Å². The number of aliphatic hydroxyl groups is 1. The molecular formula is C26H45NO3. The molecule has 1 heterocycles. The molecule has 1 aliphatic heterocycles. The van der Waals surface area contributed by atoms with Crippen LogP contribution in [0.2, 0.25) is 0 Å². The number of likely N-dealkylation sites (tertiary alicyclic amines) is 1. The molecule has 1 N–H and O–H groups in total. The maximum absolute atomic E-state index is 10.3. The molecule has 0 spiro atoms. The second-order valence-electron chi connectivity index (χ2n) is 11.5. The Kier molecular flexibility index (Phi) is 8.79. The van der Waals surface area contributed by atoms with E-state index in [-0.39, 0.29) is 10.8 Å². The van der Waals surface area contributed by atoms with Gasteiger partial charge in [0.2, 0.25) is 0 Å². The van der Waals surface area contributed by atoms with E-state index in [1.807, 2.05) is 0 Å². The summed E-state index contributed by atoms with van der Waals surface area (Å²) in [6.07, 6.45) is 0.840. The zero-order valence-electron chi connectivity index (χ0n) is 20.6. The smallest absolute Gasteiger partial charge is 0.123 e. The van der Waals surface area contributed by atoms with Crippen molar-refractivity contribution in [2.24, 2.45) is 11.8 Å². The van der Waals surface area contributed by atoms with E-state index in [1.54, 1.807) is 0 Å². The number of aliphatic hydroxyl groups excluding tert-OH is 1. The molecule has 30 heavy (non-hydrogen) atoms. The van der Waals surface area contributed by atoms with Crippen LogP contribution in [0.5, 0.6) is 5.75 Å². The van der Waals surface area contributed by atoms with Crippen LogP contribution in [0.15, 0.2) is 18.2 Å². The number of benzene rings is 1. The monoisotopic (exact) mass is 419 g/mol. The number of rotatable bonds is 8. The van der Waals surface area contributed by atoms with Crippen molar-refractivity contribution in [2.75, 3.05) is 39.5 Å². The number of piperidine rings is 1. The Morgan fingerprint density at radius 1 is 1.00 bits per heavy atom. The summed E-state index contributed by atoms with van der Waals surface area (Å²) < 4.78 is 11.8. The minimum atomic E-state index is -0.446. The summed E-state index contributed by atoms with van der Waals surface area (Å²) in [6, 6.07) is 6.53. The lowest BCUT2D eigenvalue weighted by atomic mass is 9.80. The van der Waals surface area contributed by atoms with Gasteiger partial charge in [-0.1, -0.05) is 67.5 Å². The standard InChI is InChI=1S/C26H45NO3/c1-19-13-20(2)16-27(15-19)17-22(28)18-29-11-12-30-24-10-9-21(25(3,4)5)14-23(24)26(6,7)8/h9-10,14,19-20,22,28H,11-13,15-18H2,1-8H3/t19-,20-,22+/m0/s1. The zero-order valence-corrected chi connectivity index (χ0v) is 20.6. The maximum atomic E-state index is 10.3. The molecule has 1 fully saturated rings. The predicted molar refractivity (Wildman–Crippen MR) is 126 cm³/mol. The van der Waals surface area contributed by atoms with Gasteiger partial charge in [-0.15, -0.1) is 0 Å². The van der Waals surface area contributed by atoms with Gasteiger partial charge in [-0.3, -0.25) is 0 Å². The Morgan fingerprint density at radius 2 is 1.63 bits per heavy atom. The van der Waals surface area contributed by atoms with Gasteiger partial charge in [0.05, 0.1) is 19.3 Å². The van der Waals surface area contributed by atoms with Crippen LogP contribution in [0.1, 0.15) is 72.9 Å². The normalized spacial score (nSPS) is 22.2. The molecule has 1 aromatic carbocycles. The van der Waals surface area contributed by atoms with Crippen molar-refractivity contribution in [3.8, 4) is 5.75 Å². The van der Waals surface area contributed by atoms with Crippen molar-refractivity contribution in [1.82, 2.24) is 4.90 Å². The predicted octanol–water partition coefficient (Wildman–Crippen LogP) is 5.02. The van der Waals surface area contributed by atoms with Gasteiger partial charge in [-0.05, 0) is 46.3 Å². The zero-order chi connectivity index (χ0) is 22.5. The minimum Gasteiger partial charge on any atom is -0.491 e. The van der Waals surface area contributed by atoms with Crippen molar-refractivity contribution in [2.45, 2.75) is 78.7 Å². The molecule has 0 saturated carbocycles. The summed E-state index contributed by atoms with van der Waals surface area (Å²) in [7, 11) is 0. The minimum absolute atomic E-state index is 0.0103. The van der Waals surface area contributed by atoms with Gasteiger partial charge in [-0.2, -0.15) is 0 Å². The van der Waals surface area contributed by atoms with Crippen molar-refractivity contribution in [3.05, 3.63) is 29.3 Å². The van der Waals surface area contributed by atoms with Crippen LogP contribution in [0.25, 0.3) is 0 Å². The average molecular weight is 420 g/mol. The summed E-state index contributed by atoms with van der Waals surface area (Å²) in [6.45, 7) is 22.1. The van der Waals surface area contributed by atoms with Crippen LogP contribution in [0.3, 0.4) is 0 Å². The average Bonchev–Trinajstić information content (AvgIpc) is 2.58. The van der Waals surface area contributed by atoms with Crippen LogP contribution in [-0.4, -0.2) is 55.6 Å². The van der Waals surface area contributed by atoms with Crippen LogP contribution in [0.4, 0.5) is 0 Å². The lowest BCUT2D eigenvalue weighted by Crippen LogP contribution is -2.43. The lowest BCUT2D eigenvalue weighted by molar-refractivity contribution is -0.00221. The van der Waals surface area contributed by atoms with Crippen LogP contribution in [0, 0.1) is 11.8 Å². The highest BCUT2D eigenvalue weighted by molar-refractivity contribution is 5.43. The molecule has 0 bridgehead atoms. The first kappa shape index (κ1) is 25.2. The van der Waals surface area contributed by atoms with Gasteiger partial charge in [-0.25, -0.2) is 0 Å². The summed E-state index contributed by atoms with van der Waals surface area (Å²) >= 11 is 0. The Bertz CT molecular complexity index is 649. The highest BCUT2D eigenvalue weighted by Crippen LogP contribution is 2.35. The van der Waals surface area contributed by atoms with E-state index in [0.717, 1.165) is 18.8 Å². The molecule has 0 unspecified atom stereocenters. The fraction of sp³-hybridized carbons (Fsp3) is 0.769. The van der Waals surface area contributed by atoms with E-state index >= 15 is 0 Å². The van der Waals surface area contributed by atoms with Gasteiger partial charge < -0.3 is 19.5 Å². The summed E-state index contributed by atoms with van der Waals surface area (Å²) in [5, 5.41) is 10.3. The number of hydrogen-bond acceptors (Lipinski definition) is 4. The van der Waals surface area contributed by atoms with E-state index in [4.69, 9.17) is 9.47 Å². The number of β-amino-alcohol motifs (C(OH)–C–C–N with tert-alkyl or cyclic N) is 1. The van der Waals surface area contributed by atoms with Crippen molar-refractivity contribution < 1.29 is 14.6 Å². The lowest BCUT2D eigenvalue weighted by Gasteiger charge is -2.35. The van der Waals surface area contributed by atoms with Crippen LogP contribution < -0.4 is 4.74 Å². The van der Waals surface area contributed by atoms with Crippen LogP contribution in [-0.2, 0) is 15.6 Å². The number of hydrogen-bond donors (Lipinski definition) is 1. The third-order valence-electron chi connectivity index (χ3n) is 5.86. The molecule has 2 rings (SSSR count). The fourth-order valence-corrected chi connectivity index (χ4v) is 4.43. The Hall–Kier alpha value is -1.10. The summed E-state index contributed by atoms with van der Waals surface area (Å²) in [5.41, 5.74) is 2.67. The summed E-state index contributed by atoms with van der Waals surface area (Å²) in [4.78, 5) is 2.37. The molecule has 0 radical (unpaired) electrons. The third kappa shape index (κ3) is 7.86. The highest BCUT2D eigenvalue weighted by atomic mass is 16.5. The molecule has 0 aliphatic carbocycles. The topological polar surface area (TPSA) is 41.9 Å². The molecule has 1 aliphatic rings. The molecule has 1 aromatic rings.